The largest absolute Gasteiger partial charge is 0.507 e. The number of hydrogen-bond acceptors (Lipinski definition) is 2. The van der Waals surface area contributed by atoms with E-state index in [1.165, 1.54) is 5.56 Å². The van der Waals surface area contributed by atoms with Crippen molar-refractivity contribution in [3.8, 4) is 11.5 Å². The van der Waals surface area contributed by atoms with Crippen LogP contribution >= 0.6 is 0 Å². The first-order valence-corrected chi connectivity index (χ1v) is 8.96. The zero-order valence-corrected chi connectivity index (χ0v) is 16.9. The summed E-state index contributed by atoms with van der Waals surface area (Å²) in [7, 11) is 0. The van der Waals surface area contributed by atoms with Gasteiger partial charge in [-0.15, -0.1) is 0 Å². The van der Waals surface area contributed by atoms with Gasteiger partial charge in [0.05, 0.1) is 0 Å². The third kappa shape index (κ3) is 4.18. The number of benzene rings is 2. The van der Waals surface area contributed by atoms with Crippen LogP contribution in [-0.4, -0.2) is 10.2 Å². The molecule has 0 heterocycles. The minimum absolute atomic E-state index is 0.00693. The summed E-state index contributed by atoms with van der Waals surface area (Å²) < 4.78 is 0. The van der Waals surface area contributed by atoms with Crippen LogP contribution in [0.3, 0.4) is 0 Å². The normalized spacial score (nSPS) is 12.5. The Kier molecular flexibility index (Phi) is 4.96. The van der Waals surface area contributed by atoms with Crippen molar-refractivity contribution in [2.45, 2.75) is 72.6 Å². The first-order chi connectivity index (χ1) is 11.3. The first kappa shape index (κ1) is 19.4. The van der Waals surface area contributed by atoms with Crippen LogP contribution in [0.25, 0.3) is 0 Å². The predicted octanol–water partition coefficient (Wildman–Crippen LogP) is 5.90. The van der Waals surface area contributed by atoms with E-state index in [2.05, 4.69) is 53.7 Å². The molecule has 0 atom stereocenters. The smallest absolute Gasteiger partial charge is 0.122 e. The summed E-state index contributed by atoms with van der Waals surface area (Å²) in [4.78, 5) is 0. The molecule has 0 amide bonds. The van der Waals surface area contributed by atoms with Gasteiger partial charge in [-0.2, -0.15) is 0 Å². The van der Waals surface area contributed by atoms with Gasteiger partial charge in [0.1, 0.15) is 11.5 Å². The molecule has 0 unspecified atom stereocenters. The molecule has 2 heteroatoms. The van der Waals surface area contributed by atoms with Crippen molar-refractivity contribution in [2.24, 2.45) is 0 Å². The summed E-state index contributed by atoms with van der Waals surface area (Å²) in [5.74, 6) is 0.669. The van der Waals surface area contributed by atoms with Gasteiger partial charge < -0.3 is 10.2 Å². The minimum atomic E-state index is -0.148. The monoisotopic (exact) mass is 340 g/mol. The van der Waals surface area contributed by atoms with Crippen molar-refractivity contribution >= 4 is 0 Å². The van der Waals surface area contributed by atoms with E-state index in [4.69, 9.17) is 0 Å². The van der Waals surface area contributed by atoms with Crippen LogP contribution in [0.15, 0.2) is 24.3 Å². The summed E-state index contributed by atoms with van der Waals surface area (Å²) in [6, 6.07) is 8.19. The van der Waals surface area contributed by atoms with Gasteiger partial charge in [0.25, 0.3) is 0 Å². The molecule has 0 spiro atoms. The average molecular weight is 341 g/mol. The van der Waals surface area contributed by atoms with Crippen molar-refractivity contribution in [2.75, 3.05) is 0 Å². The van der Waals surface area contributed by atoms with E-state index in [0.717, 1.165) is 27.8 Å². The quantitative estimate of drug-likeness (QED) is 0.714. The van der Waals surface area contributed by atoms with Crippen molar-refractivity contribution in [1.29, 1.82) is 0 Å². The Labute approximate surface area is 152 Å². The van der Waals surface area contributed by atoms with Gasteiger partial charge in [0.15, 0.2) is 0 Å². The number of aromatic hydroxyl groups is 2. The minimum Gasteiger partial charge on any atom is -0.507 e. The highest BCUT2D eigenvalue weighted by Crippen LogP contribution is 2.39. The van der Waals surface area contributed by atoms with E-state index in [1.54, 1.807) is 0 Å². The molecule has 2 rings (SSSR count). The topological polar surface area (TPSA) is 40.5 Å². The Morgan fingerprint density at radius 3 is 1.80 bits per heavy atom. The molecule has 0 aliphatic rings. The molecular formula is C23H32O2. The Morgan fingerprint density at radius 1 is 0.720 bits per heavy atom. The van der Waals surface area contributed by atoms with Crippen molar-refractivity contribution in [3.63, 3.8) is 0 Å². The number of phenolic OH excluding ortho intramolecular Hbond substituents is 2. The van der Waals surface area contributed by atoms with E-state index in [1.807, 2.05) is 26.0 Å². The molecule has 2 N–H and O–H groups in total. The van der Waals surface area contributed by atoms with E-state index >= 15 is 0 Å². The van der Waals surface area contributed by atoms with Gasteiger partial charge in [-0.05, 0) is 52.5 Å². The van der Waals surface area contributed by atoms with Crippen LogP contribution in [0.1, 0.15) is 74.9 Å². The highest BCUT2D eigenvalue weighted by molar-refractivity contribution is 5.52. The summed E-state index contributed by atoms with van der Waals surface area (Å²) in [5, 5.41) is 21.4. The molecule has 0 bridgehead atoms. The molecule has 0 aliphatic carbocycles. The molecule has 2 aromatic carbocycles. The Bertz CT molecular complexity index is 787. The molecule has 0 radical (unpaired) electrons. The molecule has 0 aliphatic heterocycles. The molecule has 0 saturated heterocycles. The van der Waals surface area contributed by atoms with E-state index in [-0.39, 0.29) is 10.8 Å². The second-order valence-corrected chi connectivity index (χ2v) is 9.30. The molecule has 136 valence electrons. The van der Waals surface area contributed by atoms with Gasteiger partial charge in [-0.3, -0.25) is 0 Å². The number of aryl methyl sites for hydroxylation is 2. The van der Waals surface area contributed by atoms with Gasteiger partial charge >= 0.3 is 0 Å². The number of hydrogen-bond donors (Lipinski definition) is 2. The molecule has 25 heavy (non-hydrogen) atoms. The SMILES string of the molecule is Cc1cc(C)c(O)c(Cc2cc(C(C)(C)C)cc(C(C)(C)C)c2O)c1. The van der Waals surface area contributed by atoms with E-state index < -0.39 is 0 Å². The summed E-state index contributed by atoms with van der Waals surface area (Å²) in [6.45, 7) is 16.9. The second kappa shape index (κ2) is 6.40. The number of rotatable bonds is 2. The first-order valence-electron chi connectivity index (χ1n) is 8.96. The maximum Gasteiger partial charge on any atom is 0.122 e. The highest BCUT2D eigenvalue weighted by Gasteiger charge is 2.25. The molecule has 0 fully saturated rings. The average Bonchev–Trinajstić information content (AvgIpc) is 2.43. The third-order valence-corrected chi connectivity index (χ3v) is 4.77. The van der Waals surface area contributed by atoms with Crippen molar-refractivity contribution in [3.05, 3.63) is 57.6 Å². The van der Waals surface area contributed by atoms with Gasteiger partial charge in [0, 0.05) is 6.42 Å². The Hall–Kier alpha value is -1.96. The van der Waals surface area contributed by atoms with E-state index in [0.29, 0.717) is 17.9 Å². The lowest BCUT2D eigenvalue weighted by Gasteiger charge is -2.27. The molecular weight excluding hydrogens is 308 g/mol. The maximum atomic E-state index is 10.9. The van der Waals surface area contributed by atoms with Crippen molar-refractivity contribution < 1.29 is 10.2 Å². The lowest BCUT2D eigenvalue weighted by Crippen LogP contribution is -2.17. The lowest BCUT2D eigenvalue weighted by atomic mass is 9.78. The summed E-state index contributed by atoms with van der Waals surface area (Å²) in [6.07, 6.45) is 0.521. The predicted molar refractivity (Wildman–Crippen MR) is 106 cm³/mol. The van der Waals surface area contributed by atoms with Crippen molar-refractivity contribution in [1.82, 2.24) is 0 Å². The van der Waals surface area contributed by atoms with Gasteiger partial charge in [0.2, 0.25) is 0 Å². The van der Waals surface area contributed by atoms with E-state index in [9.17, 15) is 10.2 Å². The lowest BCUT2D eigenvalue weighted by molar-refractivity contribution is 0.437. The van der Waals surface area contributed by atoms with Crippen LogP contribution in [0.5, 0.6) is 11.5 Å². The molecule has 0 aromatic heterocycles. The van der Waals surface area contributed by atoms with Crippen LogP contribution in [0.4, 0.5) is 0 Å². The zero-order chi connectivity index (χ0) is 19.2. The molecule has 0 saturated carbocycles. The zero-order valence-electron chi connectivity index (χ0n) is 16.9. The highest BCUT2D eigenvalue weighted by atomic mass is 16.3. The summed E-state index contributed by atoms with van der Waals surface area (Å²) >= 11 is 0. The Balaban J connectivity index is 2.65. The standard InChI is InChI=1S/C23H32O2/c1-14-9-15(2)20(24)16(10-14)11-17-12-18(22(3,4)5)13-19(21(17)25)23(6,7)8/h9-10,12-13,24-25H,11H2,1-8H3. The fourth-order valence-electron chi connectivity index (χ4n) is 3.22. The third-order valence-electron chi connectivity index (χ3n) is 4.77. The number of phenols is 2. The molecule has 2 nitrogen and oxygen atoms in total. The summed E-state index contributed by atoms with van der Waals surface area (Å²) in [5.41, 5.74) is 5.73. The van der Waals surface area contributed by atoms with Gasteiger partial charge in [-0.25, -0.2) is 0 Å². The Morgan fingerprint density at radius 2 is 1.28 bits per heavy atom. The molecule has 2 aromatic rings. The van der Waals surface area contributed by atoms with Crippen LogP contribution in [0.2, 0.25) is 0 Å². The second-order valence-electron chi connectivity index (χ2n) is 9.30. The fraction of sp³-hybridized carbons (Fsp3) is 0.478. The fourth-order valence-corrected chi connectivity index (χ4v) is 3.22. The maximum absolute atomic E-state index is 10.9. The van der Waals surface area contributed by atoms with Crippen LogP contribution in [-0.2, 0) is 17.3 Å². The van der Waals surface area contributed by atoms with Crippen LogP contribution in [0, 0.1) is 13.8 Å². The van der Waals surface area contributed by atoms with Crippen LogP contribution < -0.4 is 0 Å². The van der Waals surface area contributed by atoms with Gasteiger partial charge in [-0.1, -0.05) is 71.4 Å².